The van der Waals surface area contributed by atoms with E-state index in [1.165, 1.54) is 18.7 Å². The molecule has 164 valence electrons. The van der Waals surface area contributed by atoms with E-state index in [0.29, 0.717) is 13.0 Å². The van der Waals surface area contributed by atoms with Gasteiger partial charge in [-0.2, -0.15) is 13.2 Å². The van der Waals surface area contributed by atoms with E-state index < -0.39 is 12.8 Å². The molecule has 0 bridgehead atoms. The Balaban J connectivity index is 1.82. The van der Waals surface area contributed by atoms with E-state index in [1.807, 2.05) is 38.4 Å². The van der Waals surface area contributed by atoms with Crippen LogP contribution in [0.2, 0.25) is 0 Å². The second-order valence-corrected chi connectivity index (χ2v) is 7.22. The van der Waals surface area contributed by atoms with Crippen LogP contribution in [0.4, 0.5) is 13.2 Å². The summed E-state index contributed by atoms with van der Waals surface area (Å²) >= 11 is 0. The summed E-state index contributed by atoms with van der Waals surface area (Å²) in [6, 6.07) is 12.7. The molecule has 0 fully saturated rings. The molecule has 0 saturated carbocycles. The molecule has 0 aliphatic rings. The maximum absolute atomic E-state index is 12.3. The molecule has 8 heteroatoms. The van der Waals surface area contributed by atoms with Crippen molar-refractivity contribution in [2.45, 2.75) is 32.1 Å². The zero-order chi connectivity index (χ0) is 22.1. The Bertz CT molecular complexity index is 821. The molecular weight excluding hydrogens is 397 g/mol. The first-order chi connectivity index (χ1) is 14.2. The Morgan fingerprint density at radius 1 is 1.00 bits per heavy atom. The van der Waals surface area contributed by atoms with Crippen LogP contribution >= 0.6 is 0 Å². The van der Waals surface area contributed by atoms with Crippen LogP contribution in [0.5, 0.6) is 11.5 Å². The van der Waals surface area contributed by atoms with E-state index in [4.69, 9.17) is 9.47 Å². The highest BCUT2D eigenvalue weighted by molar-refractivity contribution is 5.76. The van der Waals surface area contributed by atoms with Gasteiger partial charge in [-0.3, -0.25) is 4.79 Å². The fourth-order valence-corrected chi connectivity index (χ4v) is 2.82. The van der Waals surface area contributed by atoms with Crippen LogP contribution in [-0.2, 0) is 24.3 Å². The monoisotopic (exact) mass is 424 g/mol. The molecule has 2 aromatic carbocycles. The lowest BCUT2D eigenvalue weighted by molar-refractivity contribution is -0.153. The minimum Gasteiger partial charge on any atom is -0.493 e. The molecule has 0 heterocycles. The van der Waals surface area contributed by atoms with E-state index in [2.05, 4.69) is 10.2 Å². The van der Waals surface area contributed by atoms with Crippen molar-refractivity contribution < 1.29 is 27.4 Å². The van der Waals surface area contributed by atoms with Gasteiger partial charge in [-0.25, -0.2) is 0 Å². The van der Waals surface area contributed by atoms with Gasteiger partial charge < -0.3 is 19.7 Å². The molecule has 1 amide bonds. The van der Waals surface area contributed by atoms with Gasteiger partial charge in [0.25, 0.3) is 0 Å². The third kappa shape index (κ3) is 8.32. The Kier molecular flexibility index (Phi) is 8.53. The number of nitrogens with zero attached hydrogens (tertiary/aromatic N) is 1. The summed E-state index contributed by atoms with van der Waals surface area (Å²) in [5.41, 5.74) is 2.99. The third-order valence-corrected chi connectivity index (χ3v) is 4.27. The fraction of sp³-hybridized carbons (Fsp3) is 0.409. The molecule has 5 nitrogen and oxygen atoms in total. The van der Waals surface area contributed by atoms with Crippen molar-refractivity contribution in [1.82, 2.24) is 10.2 Å². The van der Waals surface area contributed by atoms with E-state index in [-0.39, 0.29) is 23.8 Å². The first-order valence-electron chi connectivity index (χ1n) is 9.52. The number of aryl methyl sites for hydroxylation is 1. The summed E-state index contributed by atoms with van der Waals surface area (Å²) in [7, 11) is 5.37. The number of alkyl halides is 3. The number of amides is 1. The number of carbonyl (C=O) groups excluding carboxylic acids is 1. The molecule has 0 aliphatic carbocycles. The standard InChI is InChI=1S/C22H27F3N2O3/c1-27(2)14-18-6-4-17(5-7-18)13-26-21(28)11-9-16-8-10-19(20(12-16)29-3)30-15-22(23,24)25/h4-8,10,12H,9,11,13-15H2,1-3H3,(H,26,28). The van der Waals surface area contributed by atoms with E-state index >= 15 is 0 Å². The molecule has 0 radical (unpaired) electrons. The van der Waals surface area contributed by atoms with Crippen LogP contribution in [0.3, 0.4) is 0 Å². The van der Waals surface area contributed by atoms with Crippen LogP contribution in [0.15, 0.2) is 42.5 Å². The quantitative estimate of drug-likeness (QED) is 0.628. The highest BCUT2D eigenvalue weighted by Gasteiger charge is 2.29. The fourth-order valence-electron chi connectivity index (χ4n) is 2.82. The average molecular weight is 424 g/mol. The summed E-state index contributed by atoms with van der Waals surface area (Å²) in [5.74, 6) is 0.111. The van der Waals surface area contributed by atoms with E-state index in [0.717, 1.165) is 17.7 Å². The van der Waals surface area contributed by atoms with Gasteiger partial charge in [0.2, 0.25) is 5.91 Å². The highest BCUT2D eigenvalue weighted by atomic mass is 19.4. The van der Waals surface area contributed by atoms with Gasteiger partial charge in [0, 0.05) is 19.5 Å². The number of rotatable bonds is 10. The number of halogens is 3. The molecule has 0 aliphatic heterocycles. The van der Waals surface area contributed by atoms with Gasteiger partial charge in [0.15, 0.2) is 18.1 Å². The topological polar surface area (TPSA) is 50.8 Å². The Morgan fingerprint density at radius 2 is 1.63 bits per heavy atom. The molecular formula is C22H27F3N2O3. The van der Waals surface area contributed by atoms with Gasteiger partial charge in [0.1, 0.15) is 0 Å². The summed E-state index contributed by atoms with van der Waals surface area (Å²) in [6.07, 6.45) is -3.73. The predicted molar refractivity (Wildman–Crippen MR) is 109 cm³/mol. The number of benzene rings is 2. The van der Waals surface area contributed by atoms with Crippen molar-refractivity contribution in [1.29, 1.82) is 0 Å². The first-order valence-corrected chi connectivity index (χ1v) is 9.52. The summed E-state index contributed by atoms with van der Waals surface area (Å²) in [6.45, 7) is -0.0913. The van der Waals surface area contributed by atoms with Gasteiger partial charge >= 0.3 is 6.18 Å². The summed E-state index contributed by atoms with van der Waals surface area (Å²) in [5, 5.41) is 2.88. The normalized spacial score (nSPS) is 11.4. The molecule has 0 saturated heterocycles. The van der Waals surface area contributed by atoms with Crippen LogP contribution in [0, 0.1) is 0 Å². The van der Waals surface area contributed by atoms with Crippen molar-refractivity contribution >= 4 is 5.91 Å². The number of ether oxygens (including phenoxy) is 2. The molecule has 2 aromatic rings. The van der Waals surface area contributed by atoms with Crippen LogP contribution < -0.4 is 14.8 Å². The predicted octanol–water partition coefficient (Wildman–Crippen LogP) is 3.95. The summed E-state index contributed by atoms with van der Waals surface area (Å²) in [4.78, 5) is 14.2. The SMILES string of the molecule is COc1cc(CCC(=O)NCc2ccc(CN(C)C)cc2)ccc1OCC(F)(F)F. The largest absolute Gasteiger partial charge is 0.493 e. The maximum Gasteiger partial charge on any atom is 0.422 e. The smallest absolute Gasteiger partial charge is 0.422 e. The Labute approximate surface area is 174 Å². The third-order valence-electron chi connectivity index (χ3n) is 4.27. The molecule has 0 unspecified atom stereocenters. The Morgan fingerprint density at radius 3 is 2.23 bits per heavy atom. The second kappa shape index (κ2) is 10.9. The van der Waals surface area contributed by atoms with Gasteiger partial charge in [-0.15, -0.1) is 0 Å². The Hall–Kier alpha value is -2.74. The van der Waals surface area contributed by atoms with Crippen molar-refractivity contribution in [2.75, 3.05) is 27.8 Å². The van der Waals surface area contributed by atoms with Crippen molar-refractivity contribution in [3.8, 4) is 11.5 Å². The van der Waals surface area contributed by atoms with E-state index in [9.17, 15) is 18.0 Å². The molecule has 1 N–H and O–H groups in total. The molecule has 0 aromatic heterocycles. The summed E-state index contributed by atoms with van der Waals surface area (Å²) < 4.78 is 46.8. The van der Waals surface area contributed by atoms with Gasteiger partial charge in [0.05, 0.1) is 7.11 Å². The number of hydrogen-bond acceptors (Lipinski definition) is 4. The lowest BCUT2D eigenvalue weighted by Gasteiger charge is -2.13. The van der Waals surface area contributed by atoms with E-state index in [1.54, 1.807) is 12.1 Å². The molecule has 0 atom stereocenters. The van der Waals surface area contributed by atoms with Crippen molar-refractivity contribution in [3.05, 3.63) is 59.2 Å². The maximum atomic E-state index is 12.3. The van der Waals surface area contributed by atoms with Crippen molar-refractivity contribution in [3.63, 3.8) is 0 Å². The number of hydrogen-bond donors (Lipinski definition) is 1. The minimum atomic E-state index is -4.42. The lowest BCUT2D eigenvalue weighted by atomic mass is 10.1. The molecule has 0 spiro atoms. The van der Waals surface area contributed by atoms with Gasteiger partial charge in [-0.05, 0) is 49.3 Å². The second-order valence-electron chi connectivity index (χ2n) is 7.22. The zero-order valence-corrected chi connectivity index (χ0v) is 17.4. The number of nitrogens with one attached hydrogen (secondary N) is 1. The lowest BCUT2D eigenvalue weighted by Crippen LogP contribution is -2.23. The number of methoxy groups -OCH3 is 1. The van der Waals surface area contributed by atoms with Crippen LogP contribution in [0.1, 0.15) is 23.1 Å². The zero-order valence-electron chi connectivity index (χ0n) is 17.4. The average Bonchev–Trinajstić information content (AvgIpc) is 2.69. The van der Waals surface area contributed by atoms with Crippen LogP contribution in [0.25, 0.3) is 0 Å². The highest BCUT2D eigenvalue weighted by Crippen LogP contribution is 2.30. The molecule has 30 heavy (non-hydrogen) atoms. The van der Waals surface area contributed by atoms with Gasteiger partial charge in [-0.1, -0.05) is 30.3 Å². The molecule has 2 rings (SSSR count). The number of carbonyl (C=O) groups is 1. The minimum absolute atomic E-state index is 0.0146. The van der Waals surface area contributed by atoms with Crippen LogP contribution in [-0.4, -0.2) is 44.8 Å². The first kappa shape index (κ1) is 23.5. The van der Waals surface area contributed by atoms with Crippen molar-refractivity contribution in [2.24, 2.45) is 0 Å².